The molecule has 8 heteroatoms. The van der Waals surface area contributed by atoms with Crippen LogP contribution in [-0.4, -0.2) is 56.4 Å². The van der Waals surface area contributed by atoms with Gasteiger partial charge in [0.2, 0.25) is 0 Å². The van der Waals surface area contributed by atoms with Gasteiger partial charge in [0.1, 0.15) is 10.8 Å². The van der Waals surface area contributed by atoms with Crippen LogP contribution in [-0.2, 0) is 4.74 Å². The molecule has 1 N–H and O–H groups in total. The van der Waals surface area contributed by atoms with Gasteiger partial charge in [0.05, 0.1) is 25.5 Å². The van der Waals surface area contributed by atoms with Crippen LogP contribution in [0.3, 0.4) is 0 Å². The molecule has 1 aliphatic heterocycles. The molecule has 166 valence electrons. The molecule has 6 nitrogen and oxygen atoms in total. The highest BCUT2D eigenvalue weighted by molar-refractivity contribution is 7.80. The molecule has 4 rings (SSSR count). The Morgan fingerprint density at radius 2 is 1.69 bits per heavy atom. The molecule has 0 radical (unpaired) electrons. The van der Waals surface area contributed by atoms with E-state index in [1.54, 1.807) is 7.11 Å². The monoisotopic (exact) mass is 467 g/mol. The second kappa shape index (κ2) is 10.0. The lowest BCUT2D eigenvalue weighted by Crippen LogP contribution is -2.50. The number of piperazine rings is 1. The van der Waals surface area contributed by atoms with E-state index in [0.717, 1.165) is 48.1 Å². The maximum absolute atomic E-state index is 12.4. The molecule has 1 fully saturated rings. The van der Waals surface area contributed by atoms with E-state index in [4.69, 9.17) is 21.7 Å². The molecule has 0 saturated carbocycles. The second-order valence-corrected chi connectivity index (χ2v) is 8.73. The van der Waals surface area contributed by atoms with Crippen molar-refractivity contribution in [2.45, 2.75) is 0 Å². The SMILES string of the molecule is COC(=O)c1cc(-c2ccccc2)sc1NC(=S)N1CCN(c2ccccc2OC)CC1. The molecule has 3 aromatic rings. The van der Waals surface area contributed by atoms with E-state index in [0.29, 0.717) is 15.7 Å². The average Bonchev–Trinajstić information content (AvgIpc) is 3.28. The number of carbonyl (C=O) groups excluding carboxylic acids is 1. The number of benzene rings is 2. The number of methoxy groups -OCH3 is 2. The maximum atomic E-state index is 12.4. The van der Waals surface area contributed by atoms with Crippen molar-refractivity contribution in [1.29, 1.82) is 0 Å². The van der Waals surface area contributed by atoms with Crippen LogP contribution in [0.15, 0.2) is 60.7 Å². The molecule has 1 aliphatic rings. The van der Waals surface area contributed by atoms with Crippen molar-refractivity contribution in [3.8, 4) is 16.2 Å². The predicted molar refractivity (Wildman–Crippen MR) is 134 cm³/mol. The first kappa shape index (κ1) is 22.1. The van der Waals surface area contributed by atoms with Crippen LogP contribution in [0, 0.1) is 0 Å². The van der Waals surface area contributed by atoms with Crippen molar-refractivity contribution in [3.05, 3.63) is 66.2 Å². The quantitative estimate of drug-likeness (QED) is 0.430. The molecule has 1 saturated heterocycles. The zero-order chi connectivity index (χ0) is 22.5. The zero-order valence-corrected chi connectivity index (χ0v) is 19.7. The Kier molecular flexibility index (Phi) is 6.92. The number of thiophene rings is 1. The van der Waals surface area contributed by atoms with E-state index in [1.807, 2.05) is 54.6 Å². The minimum atomic E-state index is -0.380. The summed E-state index contributed by atoms with van der Waals surface area (Å²) in [5.41, 5.74) is 2.63. The Balaban J connectivity index is 1.46. The van der Waals surface area contributed by atoms with E-state index in [9.17, 15) is 4.79 Å². The number of hydrogen-bond acceptors (Lipinski definition) is 6. The maximum Gasteiger partial charge on any atom is 0.340 e. The van der Waals surface area contributed by atoms with E-state index >= 15 is 0 Å². The van der Waals surface area contributed by atoms with Gasteiger partial charge in [0.25, 0.3) is 0 Å². The molecule has 2 heterocycles. The van der Waals surface area contributed by atoms with Gasteiger partial charge >= 0.3 is 5.97 Å². The molecule has 32 heavy (non-hydrogen) atoms. The molecule has 2 aromatic carbocycles. The highest BCUT2D eigenvalue weighted by Crippen LogP contribution is 2.36. The number of rotatable bonds is 5. The molecular weight excluding hydrogens is 442 g/mol. The highest BCUT2D eigenvalue weighted by Gasteiger charge is 2.24. The summed E-state index contributed by atoms with van der Waals surface area (Å²) in [5.74, 6) is 0.492. The zero-order valence-electron chi connectivity index (χ0n) is 18.0. The van der Waals surface area contributed by atoms with Gasteiger partial charge in [-0.1, -0.05) is 42.5 Å². The minimum absolute atomic E-state index is 0.380. The smallest absolute Gasteiger partial charge is 0.340 e. The van der Waals surface area contributed by atoms with Crippen LogP contribution in [0.25, 0.3) is 10.4 Å². The Bertz CT molecular complexity index is 1090. The minimum Gasteiger partial charge on any atom is -0.495 e. The first-order valence-electron chi connectivity index (χ1n) is 10.3. The van der Waals surface area contributed by atoms with Gasteiger partial charge in [0.15, 0.2) is 5.11 Å². The highest BCUT2D eigenvalue weighted by atomic mass is 32.1. The van der Waals surface area contributed by atoms with Crippen molar-refractivity contribution in [2.24, 2.45) is 0 Å². The Labute approximate surface area is 197 Å². The number of thiocarbonyl (C=S) groups is 1. The van der Waals surface area contributed by atoms with Crippen molar-refractivity contribution in [3.63, 3.8) is 0 Å². The van der Waals surface area contributed by atoms with Crippen molar-refractivity contribution < 1.29 is 14.3 Å². The average molecular weight is 468 g/mol. The van der Waals surface area contributed by atoms with Gasteiger partial charge in [-0.25, -0.2) is 4.79 Å². The van der Waals surface area contributed by atoms with Gasteiger partial charge in [-0.2, -0.15) is 0 Å². The predicted octanol–water partition coefficient (Wildman–Crippen LogP) is 4.73. The van der Waals surface area contributed by atoms with Crippen LogP contribution >= 0.6 is 23.6 Å². The molecule has 1 aromatic heterocycles. The third-order valence-electron chi connectivity index (χ3n) is 5.41. The standard InChI is InChI=1S/C24H25N3O3S2/c1-29-20-11-7-6-10-19(20)26-12-14-27(15-13-26)24(31)25-22-18(23(28)30-2)16-21(32-22)17-8-4-3-5-9-17/h3-11,16H,12-15H2,1-2H3,(H,25,31). The largest absolute Gasteiger partial charge is 0.495 e. The van der Waals surface area contributed by atoms with Crippen molar-refractivity contribution >= 4 is 45.3 Å². The lowest BCUT2D eigenvalue weighted by Gasteiger charge is -2.37. The van der Waals surface area contributed by atoms with Gasteiger partial charge in [0, 0.05) is 31.1 Å². The number of ether oxygens (including phenoxy) is 2. The van der Waals surface area contributed by atoms with E-state index in [1.165, 1.54) is 18.4 Å². The number of carbonyl (C=O) groups is 1. The molecular formula is C24H25N3O3S2. The first-order chi connectivity index (χ1) is 15.6. The van der Waals surface area contributed by atoms with Crippen molar-refractivity contribution in [2.75, 3.05) is 50.6 Å². The summed E-state index contributed by atoms with van der Waals surface area (Å²) in [6, 6.07) is 19.9. The third kappa shape index (κ3) is 4.71. The molecule has 0 aliphatic carbocycles. The molecule has 0 atom stereocenters. The third-order valence-corrected chi connectivity index (χ3v) is 6.87. The lowest BCUT2D eigenvalue weighted by molar-refractivity contribution is 0.0602. The molecule has 0 bridgehead atoms. The van der Waals surface area contributed by atoms with Crippen LogP contribution in [0.2, 0.25) is 0 Å². The molecule has 0 spiro atoms. The van der Waals surface area contributed by atoms with Crippen LogP contribution < -0.4 is 15.0 Å². The number of hydrogen-bond donors (Lipinski definition) is 1. The number of nitrogens with zero attached hydrogens (tertiary/aromatic N) is 2. The Morgan fingerprint density at radius 1 is 1.00 bits per heavy atom. The van der Waals surface area contributed by atoms with Crippen LogP contribution in [0.4, 0.5) is 10.7 Å². The van der Waals surface area contributed by atoms with E-state index in [2.05, 4.69) is 21.2 Å². The molecule has 0 amide bonds. The fraction of sp³-hybridized carbons (Fsp3) is 0.250. The van der Waals surface area contributed by atoms with Gasteiger partial charge in [-0.05, 0) is 36.0 Å². The number of esters is 1. The van der Waals surface area contributed by atoms with Crippen LogP contribution in [0.1, 0.15) is 10.4 Å². The van der Waals surface area contributed by atoms with E-state index in [-0.39, 0.29) is 5.97 Å². The second-order valence-electron chi connectivity index (χ2n) is 7.29. The summed E-state index contributed by atoms with van der Waals surface area (Å²) in [6.07, 6.45) is 0. The fourth-order valence-electron chi connectivity index (χ4n) is 3.71. The number of nitrogens with one attached hydrogen (secondary N) is 1. The summed E-state index contributed by atoms with van der Waals surface area (Å²) in [7, 11) is 3.08. The topological polar surface area (TPSA) is 54.0 Å². The summed E-state index contributed by atoms with van der Waals surface area (Å²) >= 11 is 7.19. The normalized spacial score (nSPS) is 13.6. The number of para-hydroxylation sites is 2. The first-order valence-corrected chi connectivity index (χ1v) is 11.5. The lowest BCUT2D eigenvalue weighted by atomic mass is 10.1. The Hall–Kier alpha value is -3.10. The van der Waals surface area contributed by atoms with Gasteiger partial charge in [-0.3, -0.25) is 0 Å². The summed E-state index contributed by atoms with van der Waals surface area (Å²) in [6.45, 7) is 3.19. The number of anilines is 2. The summed E-state index contributed by atoms with van der Waals surface area (Å²) < 4.78 is 10.5. The Morgan fingerprint density at radius 3 is 2.38 bits per heavy atom. The van der Waals surface area contributed by atoms with Crippen molar-refractivity contribution in [1.82, 2.24) is 4.90 Å². The van der Waals surface area contributed by atoms with Crippen LogP contribution in [0.5, 0.6) is 5.75 Å². The van der Waals surface area contributed by atoms with Gasteiger partial charge in [-0.15, -0.1) is 11.3 Å². The van der Waals surface area contributed by atoms with E-state index < -0.39 is 0 Å². The fourth-order valence-corrected chi connectivity index (χ4v) is 5.11. The van der Waals surface area contributed by atoms with Gasteiger partial charge < -0.3 is 24.6 Å². The summed E-state index contributed by atoms with van der Waals surface area (Å²) in [5, 5.41) is 4.60. The molecule has 0 unspecified atom stereocenters. The summed E-state index contributed by atoms with van der Waals surface area (Å²) in [4.78, 5) is 17.8.